The summed E-state index contributed by atoms with van der Waals surface area (Å²) >= 11 is 12.1. The second-order valence-electron chi connectivity index (χ2n) is 4.78. The predicted molar refractivity (Wildman–Crippen MR) is 83.1 cm³/mol. The molecule has 0 heterocycles. The zero-order valence-electron chi connectivity index (χ0n) is 11.4. The fourth-order valence-electron chi connectivity index (χ4n) is 2.30. The third kappa shape index (κ3) is 3.51. The molecule has 106 valence electrons. The molecule has 0 fully saturated rings. The van der Waals surface area contributed by atoms with Crippen molar-refractivity contribution in [2.45, 2.75) is 19.4 Å². The van der Waals surface area contributed by atoms with Crippen molar-refractivity contribution in [2.24, 2.45) is 0 Å². The van der Waals surface area contributed by atoms with Gasteiger partial charge in [-0.15, -0.1) is 0 Å². The Kier molecular flexibility index (Phi) is 5.03. The second kappa shape index (κ2) is 6.57. The molecule has 0 saturated carbocycles. The molecule has 2 aromatic rings. The fourth-order valence-corrected chi connectivity index (χ4v) is 2.79. The van der Waals surface area contributed by atoms with Crippen LogP contribution in [0, 0.1) is 12.7 Å². The largest absolute Gasteiger partial charge is 0.313 e. The van der Waals surface area contributed by atoms with Gasteiger partial charge in [-0.05, 0) is 61.3 Å². The third-order valence-corrected chi connectivity index (χ3v) is 3.98. The summed E-state index contributed by atoms with van der Waals surface area (Å²) in [6.45, 7) is 1.91. The minimum atomic E-state index is -0.217. The molecule has 4 heteroatoms. The highest BCUT2D eigenvalue weighted by Crippen LogP contribution is 2.27. The van der Waals surface area contributed by atoms with Gasteiger partial charge >= 0.3 is 0 Å². The van der Waals surface area contributed by atoms with E-state index in [1.165, 1.54) is 6.07 Å². The van der Waals surface area contributed by atoms with Gasteiger partial charge in [-0.3, -0.25) is 0 Å². The Labute approximate surface area is 128 Å². The summed E-state index contributed by atoms with van der Waals surface area (Å²) in [6, 6.07) is 10.4. The molecule has 0 radical (unpaired) electrons. The monoisotopic (exact) mass is 311 g/mol. The molecule has 0 aliphatic carbocycles. The lowest BCUT2D eigenvalue weighted by Gasteiger charge is -2.20. The molecule has 1 unspecified atom stereocenters. The van der Waals surface area contributed by atoms with Gasteiger partial charge in [0.1, 0.15) is 5.82 Å². The molecule has 20 heavy (non-hydrogen) atoms. The summed E-state index contributed by atoms with van der Waals surface area (Å²) in [5.74, 6) is -0.217. The van der Waals surface area contributed by atoms with Crippen LogP contribution in [0.25, 0.3) is 0 Å². The van der Waals surface area contributed by atoms with Crippen LogP contribution in [0.5, 0.6) is 0 Å². The van der Waals surface area contributed by atoms with Gasteiger partial charge in [0.05, 0.1) is 0 Å². The molecule has 1 nitrogen and oxygen atoms in total. The van der Waals surface area contributed by atoms with Crippen molar-refractivity contribution < 1.29 is 4.39 Å². The Morgan fingerprint density at radius 2 is 1.90 bits per heavy atom. The van der Waals surface area contributed by atoms with Crippen molar-refractivity contribution >= 4 is 23.2 Å². The van der Waals surface area contributed by atoms with E-state index in [-0.39, 0.29) is 11.9 Å². The van der Waals surface area contributed by atoms with E-state index in [0.717, 1.165) is 23.1 Å². The molecule has 1 atom stereocenters. The molecule has 0 aliphatic rings. The van der Waals surface area contributed by atoms with Gasteiger partial charge in [-0.25, -0.2) is 4.39 Å². The summed E-state index contributed by atoms with van der Waals surface area (Å²) in [6.07, 6.45) is 0.721. The van der Waals surface area contributed by atoms with Crippen LogP contribution in [0.1, 0.15) is 22.7 Å². The van der Waals surface area contributed by atoms with Crippen molar-refractivity contribution in [3.8, 4) is 0 Å². The summed E-state index contributed by atoms with van der Waals surface area (Å²) in [4.78, 5) is 0. The molecular formula is C16H16Cl2FN. The van der Waals surface area contributed by atoms with Crippen LogP contribution in [0.2, 0.25) is 10.0 Å². The quantitative estimate of drug-likeness (QED) is 0.843. The number of hydrogen-bond acceptors (Lipinski definition) is 1. The molecule has 0 saturated heterocycles. The first-order valence-electron chi connectivity index (χ1n) is 6.38. The highest BCUT2D eigenvalue weighted by molar-refractivity contribution is 6.35. The Balaban J connectivity index is 2.28. The number of likely N-dealkylation sites (N-methyl/N-ethyl adjacent to an activating group) is 1. The minimum Gasteiger partial charge on any atom is -0.313 e. The first-order chi connectivity index (χ1) is 9.51. The van der Waals surface area contributed by atoms with Crippen molar-refractivity contribution in [3.05, 3.63) is 69.0 Å². The van der Waals surface area contributed by atoms with Crippen LogP contribution in [0.3, 0.4) is 0 Å². The number of rotatable bonds is 4. The van der Waals surface area contributed by atoms with E-state index < -0.39 is 0 Å². The molecular weight excluding hydrogens is 296 g/mol. The summed E-state index contributed by atoms with van der Waals surface area (Å²) in [5.41, 5.74) is 3.01. The average Bonchev–Trinajstić information content (AvgIpc) is 2.39. The van der Waals surface area contributed by atoms with Crippen LogP contribution in [-0.2, 0) is 6.42 Å². The number of hydrogen-bond donors (Lipinski definition) is 1. The SMILES string of the molecule is CNC(Cc1ccc(Cl)cc1Cl)c1ccc(F)cc1C. The van der Waals surface area contributed by atoms with Crippen molar-refractivity contribution in [1.29, 1.82) is 0 Å². The van der Waals surface area contributed by atoms with Gasteiger partial charge in [0.2, 0.25) is 0 Å². The lowest BCUT2D eigenvalue weighted by atomic mass is 9.95. The van der Waals surface area contributed by atoms with E-state index >= 15 is 0 Å². The minimum absolute atomic E-state index is 0.0780. The van der Waals surface area contributed by atoms with Crippen molar-refractivity contribution in [2.75, 3.05) is 7.05 Å². The molecule has 2 rings (SSSR count). The van der Waals surface area contributed by atoms with E-state index in [0.29, 0.717) is 10.0 Å². The van der Waals surface area contributed by atoms with Crippen LogP contribution in [0.4, 0.5) is 4.39 Å². The van der Waals surface area contributed by atoms with Crippen LogP contribution in [0.15, 0.2) is 36.4 Å². The van der Waals surface area contributed by atoms with Crippen molar-refractivity contribution in [1.82, 2.24) is 5.32 Å². The van der Waals surface area contributed by atoms with Gasteiger partial charge < -0.3 is 5.32 Å². The van der Waals surface area contributed by atoms with Gasteiger partial charge in [-0.2, -0.15) is 0 Å². The predicted octanol–water partition coefficient (Wildman–Crippen LogP) is 4.94. The third-order valence-electron chi connectivity index (χ3n) is 3.39. The van der Waals surface area contributed by atoms with Crippen LogP contribution >= 0.6 is 23.2 Å². The van der Waals surface area contributed by atoms with Gasteiger partial charge in [0.15, 0.2) is 0 Å². The van der Waals surface area contributed by atoms with Crippen LogP contribution in [-0.4, -0.2) is 7.05 Å². The Morgan fingerprint density at radius 1 is 1.15 bits per heavy atom. The summed E-state index contributed by atoms with van der Waals surface area (Å²) < 4.78 is 13.2. The number of halogens is 3. The molecule has 0 aliphatic heterocycles. The highest BCUT2D eigenvalue weighted by atomic mass is 35.5. The zero-order chi connectivity index (χ0) is 14.7. The summed E-state index contributed by atoms with van der Waals surface area (Å²) in [5, 5.41) is 4.53. The Hall–Kier alpha value is -1.09. The van der Waals surface area contributed by atoms with Gasteiger partial charge in [0, 0.05) is 16.1 Å². The Morgan fingerprint density at radius 3 is 2.50 bits per heavy atom. The zero-order valence-corrected chi connectivity index (χ0v) is 12.9. The maximum absolute atomic E-state index is 13.2. The van der Waals surface area contributed by atoms with E-state index in [4.69, 9.17) is 23.2 Å². The van der Waals surface area contributed by atoms with E-state index in [2.05, 4.69) is 5.32 Å². The molecule has 1 N–H and O–H groups in total. The lowest BCUT2D eigenvalue weighted by Crippen LogP contribution is -2.20. The van der Waals surface area contributed by atoms with Crippen molar-refractivity contribution in [3.63, 3.8) is 0 Å². The normalized spacial score (nSPS) is 12.4. The van der Waals surface area contributed by atoms with Gasteiger partial charge in [-0.1, -0.05) is 35.3 Å². The molecule has 0 aromatic heterocycles. The molecule has 0 amide bonds. The topological polar surface area (TPSA) is 12.0 Å². The second-order valence-corrected chi connectivity index (χ2v) is 5.63. The number of nitrogens with one attached hydrogen (secondary N) is 1. The highest BCUT2D eigenvalue weighted by Gasteiger charge is 2.14. The molecule has 0 bridgehead atoms. The fraction of sp³-hybridized carbons (Fsp3) is 0.250. The first kappa shape index (κ1) is 15.3. The number of benzene rings is 2. The van der Waals surface area contributed by atoms with E-state index in [9.17, 15) is 4.39 Å². The average molecular weight is 312 g/mol. The van der Waals surface area contributed by atoms with E-state index in [1.54, 1.807) is 12.1 Å². The molecule has 2 aromatic carbocycles. The van der Waals surface area contributed by atoms with E-state index in [1.807, 2.05) is 32.2 Å². The Bertz CT molecular complexity index is 613. The lowest BCUT2D eigenvalue weighted by molar-refractivity contribution is 0.582. The maximum Gasteiger partial charge on any atom is 0.123 e. The summed E-state index contributed by atoms with van der Waals surface area (Å²) in [7, 11) is 1.89. The smallest absolute Gasteiger partial charge is 0.123 e. The molecule has 0 spiro atoms. The van der Waals surface area contributed by atoms with Gasteiger partial charge in [0.25, 0.3) is 0 Å². The maximum atomic E-state index is 13.2. The first-order valence-corrected chi connectivity index (χ1v) is 7.14. The number of aryl methyl sites for hydroxylation is 1. The standard InChI is InChI=1S/C16H16Cl2FN/c1-10-7-13(19)5-6-14(10)16(20-2)8-11-3-4-12(17)9-15(11)18/h3-7,9,16,20H,8H2,1-2H3. The van der Waals surface area contributed by atoms with Crippen LogP contribution < -0.4 is 5.32 Å².